The van der Waals surface area contributed by atoms with Crippen LogP contribution in [0.2, 0.25) is 0 Å². The smallest absolute Gasteiger partial charge is 0.171 e. The van der Waals surface area contributed by atoms with E-state index in [1.807, 2.05) is 6.07 Å². The summed E-state index contributed by atoms with van der Waals surface area (Å²) in [6.45, 7) is -0.289. The minimum Gasteiger partial charge on any atom is -0.409 e. The fraction of sp³-hybridized carbons (Fsp3) is 0.300. The van der Waals surface area contributed by atoms with E-state index in [0.29, 0.717) is 11.3 Å². The molecule has 0 bridgehead atoms. The molecule has 1 rings (SSSR count). The lowest BCUT2D eigenvalue weighted by molar-refractivity contribution is 0.113. The highest BCUT2D eigenvalue weighted by atomic mass is 79.9. The Kier molecular flexibility index (Phi) is 5.76. The van der Waals surface area contributed by atoms with E-state index in [-0.39, 0.29) is 12.4 Å². The Labute approximate surface area is 111 Å². The molecule has 7 heteroatoms. The highest BCUT2D eigenvalue weighted by molar-refractivity contribution is 9.10. The molecular weight excluding hydrogens is 308 g/mol. The van der Waals surface area contributed by atoms with Crippen molar-refractivity contribution in [2.45, 2.75) is 11.0 Å². The number of aliphatic hydroxyl groups is 2. The molecule has 5 N–H and O–H groups in total. The zero-order valence-corrected chi connectivity index (χ0v) is 11.3. The summed E-state index contributed by atoms with van der Waals surface area (Å²) in [6.07, 6.45) is -0.788. The maximum absolute atomic E-state index is 9.27. The normalized spacial score (nSPS) is 13.7. The van der Waals surface area contributed by atoms with Crippen molar-refractivity contribution in [2.24, 2.45) is 10.9 Å². The summed E-state index contributed by atoms with van der Waals surface area (Å²) >= 11 is 4.63. The maximum Gasteiger partial charge on any atom is 0.171 e. The van der Waals surface area contributed by atoms with Gasteiger partial charge < -0.3 is 21.2 Å². The SMILES string of the molecule is N/C(=N/O)c1cc(Br)ccc1SCC(O)CO. The molecule has 1 aromatic carbocycles. The van der Waals surface area contributed by atoms with Crippen molar-refractivity contribution in [3.63, 3.8) is 0 Å². The third-order valence-corrected chi connectivity index (χ3v) is 3.68. The molecular formula is C10H13BrN2O3S. The lowest BCUT2D eigenvalue weighted by Gasteiger charge is -2.10. The topological polar surface area (TPSA) is 99.1 Å². The summed E-state index contributed by atoms with van der Waals surface area (Å²) in [5.74, 6) is 0.344. The largest absolute Gasteiger partial charge is 0.409 e. The van der Waals surface area contributed by atoms with Gasteiger partial charge in [-0.2, -0.15) is 0 Å². The van der Waals surface area contributed by atoms with Gasteiger partial charge in [0.25, 0.3) is 0 Å². The Morgan fingerprint density at radius 1 is 1.53 bits per heavy atom. The molecule has 0 spiro atoms. The third kappa shape index (κ3) is 4.19. The van der Waals surface area contributed by atoms with Crippen molar-refractivity contribution in [3.05, 3.63) is 28.2 Å². The van der Waals surface area contributed by atoms with Crippen molar-refractivity contribution in [3.8, 4) is 0 Å². The predicted octanol–water partition coefficient (Wildman–Crippen LogP) is 0.989. The number of rotatable bonds is 5. The first-order valence-electron chi connectivity index (χ1n) is 4.77. The lowest BCUT2D eigenvalue weighted by atomic mass is 10.2. The lowest BCUT2D eigenvalue weighted by Crippen LogP contribution is -2.17. The predicted molar refractivity (Wildman–Crippen MR) is 70.5 cm³/mol. The number of nitrogens with zero attached hydrogens (tertiary/aromatic N) is 1. The molecule has 0 amide bonds. The number of hydrogen-bond acceptors (Lipinski definition) is 5. The van der Waals surface area contributed by atoms with Crippen molar-refractivity contribution >= 4 is 33.5 Å². The van der Waals surface area contributed by atoms with Gasteiger partial charge in [-0.15, -0.1) is 11.8 Å². The highest BCUT2D eigenvalue weighted by Gasteiger charge is 2.10. The van der Waals surface area contributed by atoms with Crippen molar-refractivity contribution in [2.75, 3.05) is 12.4 Å². The summed E-state index contributed by atoms with van der Waals surface area (Å²) in [6, 6.07) is 5.34. The van der Waals surface area contributed by atoms with Crippen LogP contribution in [0.3, 0.4) is 0 Å². The molecule has 0 fully saturated rings. The Hall–Kier alpha value is -0.760. The molecule has 0 saturated heterocycles. The van der Waals surface area contributed by atoms with E-state index in [1.54, 1.807) is 12.1 Å². The molecule has 0 aliphatic heterocycles. The second kappa shape index (κ2) is 6.85. The van der Waals surface area contributed by atoms with Crippen molar-refractivity contribution in [1.29, 1.82) is 0 Å². The van der Waals surface area contributed by atoms with Gasteiger partial charge in [0, 0.05) is 20.7 Å². The van der Waals surface area contributed by atoms with Gasteiger partial charge in [0.05, 0.1) is 12.7 Å². The molecule has 94 valence electrons. The molecule has 0 aliphatic carbocycles. The quantitative estimate of drug-likeness (QED) is 0.213. The Morgan fingerprint density at radius 3 is 2.82 bits per heavy atom. The van der Waals surface area contributed by atoms with Gasteiger partial charge >= 0.3 is 0 Å². The van der Waals surface area contributed by atoms with Gasteiger partial charge in [0.15, 0.2) is 5.84 Å². The summed E-state index contributed by atoms with van der Waals surface area (Å²) in [4.78, 5) is 0.774. The molecule has 0 aliphatic rings. The average molecular weight is 321 g/mol. The van der Waals surface area contributed by atoms with E-state index in [0.717, 1.165) is 9.37 Å². The van der Waals surface area contributed by atoms with E-state index in [9.17, 15) is 5.11 Å². The fourth-order valence-corrected chi connectivity index (χ4v) is 2.44. The number of aliphatic hydroxyl groups excluding tert-OH is 2. The fourth-order valence-electron chi connectivity index (χ4n) is 1.12. The van der Waals surface area contributed by atoms with E-state index in [4.69, 9.17) is 16.0 Å². The van der Waals surface area contributed by atoms with Gasteiger partial charge in [0.1, 0.15) is 0 Å². The van der Waals surface area contributed by atoms with E-state index in [2.05, 4.69) is 21.1 Å². The number of benzene rings is 1. The molecule has 0 radical (unpaired) electrons. The van der Waals surface area contributed by atoms with Gasteiger partial charge in [0.2, 0.25) is 0 Å². The van der Waals surface area contributed by atoms with Crippen LogP contribution in [0.1, 0.15) is 5.56 Å². The van der Waals surface area contributed by atoms with E-state index in [1.165, 1.54) is 11.8 Å². The standard InChI is InChI=1S/C10H13BrN2O3S/c11-6-1-2-9(17-5-7(15)4-14)8(3-6)10(12)13-16/h1-3,7,14-16H,4-5H2,(H2,12,13). The minimum absolute atomic E-state index is 0.00675. The summed E-state index contributed by atoms with van der Waals surface area (Å²) in [5, 5.41) is 29.6. The first-order chi connectivity index (χ1) is 8.08. The monoisotopic (exact) mass is 320 g/mol. The van der Waals surface area contributed by atoms with Gasteiger partial charge in [-0.05, 0) is 18.2 Å². The highest BCUT2D eigenvalue weighted by Crippen LogP contribution is 2.26. The number of oxime groups is 1. The Morgan fingerprint density at radius 2 is 2.24 bits per heavy atom. The van der Waals surface area contributed by atoms with Crippen LogP contribution in [0.5, 0.6) is 0 Å². The molecule has 0 saturated carbocycles. The van der Waals surface area contributed by atoms with Crippen LogP contribution in [-0.2, 0) is 0 Å². The molecule has 5 nitrogen and oxygen atoms in total. The molecule has 1 atom stereocenters. The first-order valence-corrected chi connectivity index (χ1v) is 6.55. The summed E-state index contributed by atoms with van der Waals surface area (Å²) in [5.41, 5.74) is 6.14. The number of amidine groups is 1. The van der Waals surface area contributed by atoms with Gasteiger partial charge in [-0.3, -0.25) is 0 Å². The molecule has 17 heavy (non-hydrogen) atoms. The molecule has 1 aromatic rings. The number of hydrogen-bond donors (Lipinski definition) is 4. The Balaban J connectivity index is 2.91. The Bertz CT molecular complexity index is 415. The van der Waals surface area contributed by atoms with Crippen LogP contribution in [0.25, 0.3) is 0 Å². The zero-order valence-electron chi connectivity index (χ0n) is 8.88. The van der Waals surface area contributed by atoms with Crippen LogP contribution in [0.15, 0.2) is 32.7 Å². The number of nitrogens with two attached hydrogens (primary N) is 1. The van der Waals surface area contributed by atoms with Crippen LogP contribution >= 0.6 is 27.7 Å². The van der Waals surface area contributed by atoms with E-state index < -0.39 is 6.10 Å². The van der Waals surface area contributed by atoms with Crippen LogP contribution in [0, 0.1) is 0 Å². The second-order valence-electron chi connectivity index (χ2n) is 3.27. The molecule has 0 aromatic heterocycles. The van der Waals surface area contributed by atoms with Crippen molar-refractivity contribution in [1.82, 2.24) is 0 Å². The third-order valence-electron chi connectivity index (χ3n) is 1.97. The maximum atomic E-state index is 9.27. The first kappa shape index (κ1) is 14.3. The number of thioether (sulfide) groups is 1. The van der Waals surface area contributed by atoms with Gasteiger partial charge in [-0.1, -0.05) is 21.1 Å². The molecule has 0 heterocycles. The average Bonchev–Trinajstić information content (AvgIpc) is 2.35. The zero-order chi connectivity index (χ0) is 12.8. The van der Waals surface area contributed by atoms with Gasteiger partial charge in [-0.25, -0.2) is 0 Å². The summed E-state index contributed by atoms with van der Waals surface area (Å²) in [7, 11) is 0. The number of halogens is 1. The molecule has 1 unspecified atom stereocenters. The van der Waals surface area contributed by atoms with Crippen molar-refractivity contribution < 1.29 is 15.4 Å². The second-order valence-corrected chi connectivity index (χ2v) is 5.25. The van der Waals surface area contributed by atoms with Crippen LogP contribution in [0.4, 0.5) is 0 Å². The van der Waals surface area contributed by atoms with Crippen LogP contribution in [-0.4, -0.2) is 39.7 Å². The van der Waals surface area contributed by atoms with Crippen LogP contribution < -0.4 is 5.73 Å². The van der Waals surface area contributed by atoms with E-state index >= 15 is 0 Å². The summed E-state index contributed by atoms with van der Waals surface area (Å²) < 4.78 is 0.811. The minimum atomic E-state index is -0.788.